The molecule has 0 spiro atoms. The van der Waals surface area contributed by atoms with Crippen LogP contribution in [0.25, 0.3) is 0 Å². The number of thioether (sulfide) groups is 1. The number of hydrogen-bond acceptors (Lipinski definition) is 3. The van der Waals surface area contributed by atoms with Crippen molar-refractivity contribution in [2.75, 3.05) is 12.4 Å². The number of carbonyl (C=O) groups is 1. The number of rotatable bonds is 5. The average Bonchev–Trinajstić information content (AvgIpc) is 2.57. The van der Waals surface area contributed by atoms with Crippen LogP contribution in [0, 0.1) is 5.82 Å². The van der Waals surface area contributed by atoms with E-state index in [0.29, 0.717) is 13.0 Å². The molecule has 0 bridgehead atoms. The second-order valence-electron chi connectivity index (χ2n) is 5.69. The summed E-state index contributed by atoms with van der Waals surface area (Å²) in [5, 5.41) is 3.04. The van der Waals surface area contributed by atoms with Crippen LogP contribution in [0.4, 0.5) is 4.39 Å². The second kappa shape index (κ2) is 7.71. The molecule has 2 aromatic carbocycles. The van der Waals surface area contributed by atoms with Gasteiger partial charge >= 0.3 is 0 Å². The fraction of sp³-hybridized carbons (Fsp3) is 0.316. The minimum atomic E-state index is -0.262. The van der Waals surface area contributed by atoms with Gasteiger partial charge in [0.1, 0.15) is 11.6 Å². The molecule has 2 aromatic rings. The van der Waals surface area contributed by atoms with Crippen molar-refractivity contribution in [1.29, 1.82) is 0 Å². The van der Waals surface area contributed by atoms with Crippen molar-refractivity contribution in [1.82, 2.24) is 5.32 Å². The van der Waals surface area contributed by atoms with Crippen LogP contribution in [0.15, 0.2) is 47.4 Å². The molecule has 5 heteroatoms. The molecule has 3 rings (SSSR count). The predicted molar refractivity (Wildman–Crippen MR) is 93.9 cm³/mol. The maximum Gasteiger partial charge on any atom is 0.224 e. The lowest BCUT2D eigenvalue weighted by Gasteiger charge is -2.26. The van der Waals surface area contributed by atoms with Gasteiger partial charge in [0.2, 0.25) is 5.91 Å². The van der Waals surface area contributed by atoms with Gasteiger partial charge in [-0.25, -0.2) is 4.39 Å². The normalized spacial score (nSPS) is 16.3. The Balaban J connectivity index is 1.64. The summed E-state index contributed by atoms with van der Waals surface area (Å²) >= 11 is 1.71. The molecule has 1 amide bonds. The largest absolute Gasteiger partial charge is 0.494 e. The minimum Gasteiger partial charge on any atom is -0.494 e. The second-order valence-corrected chi connectivity index (χ2v) is 6.83. The van der Waals surface area contributed by atoms with Crippen LogP contribution in [0.5, 0.6) is 5.75 Å². The third-order valence-corrected chi connectivity index (χ3v) is 5.07. The Morgan fingerprint density at radius 3 is 2.83 bits per heavy atom. The molecule has 0 saturated heterocycles. The van der Waals surface area contributed by atoms with Gasteiger partial charge in [0.05, 0.1) is 19.1 Å². The van der Waals surface area contributed by atoms with Crippen LogP contribution in [0.3, 0.4) is 0 Å². The van der Waals surface area contributed by atoms with E-state index in [-0.39, 0.29) is 17.8 Å². The average molecular weight is 345 g/mol. The maximum absolute atomic E-state index is 13.5. The van der Waals surface area contributed by atoms with Gasteiger partial charge in [0.15, 0.2) is 0 Å². The molecule has 0 aromatic heterocycles. The van der Waals surface area contributed by atoms with Crippen molar-refractivity contribution in [3.63, 3.8) is 0 Å². The summed E-state index contributed by atoms with van der Waals surface area (Å²) in [5.41, 5.74) is 1.81. The van der Waals surface area contributed by atoms with Gasteiger partial charge in [0.25, 0.3) is 0 Å². The predicted octanol–water partition coefficient (Wildman–Crippen LogP) is 4.12. The molecule has 1 aliphatic heterocycles. The molecular formula is C19H20FNO2S. The molecule has 1 N–H and O–H groups in total. The van der Waals surface area contributed by atoms with Crippen LogP contribution in [0.2, 0.25) is 0 Å². The van der Waals surface area contributed by atoms with E-state index in [2.05, 4.69) is 5.32 Å². The van der Waals surface area contributed by atoms with E-state index in [4.69, 9.17) is 4.74 Å². The maximum atomic E-state index is 13.5. The Morgan fingerprint density at radius 1 is 1.29 bits per heavy atom. The Labute approximate surface area is 145 Å². The van der Waals surface area contributed by atoms with E-state index >= 15 is 0 Å². The zero-order valence-corrected chi connectivity index (χ0v) is 14.4. The van der Waals surface area contributed by atoms with Crippen molar-refractivity contribution in [2.45, 2.75) is 30.7 Å². The van der Waals surface area contributed by atoms with E-state index in [1.54, 1.807) is 17.8 Å². The molecular weight excluding hydrogens is 325 g/mol. The van der Waals surface area contributed by atoms with Crippen molar-refractivity contribution in [2.24, 2.45) is 0 Å². The zero-order chi connectivity index (χ0) is 16.9. The van der Waals surface area contributed by atoms with Crippen LogP contribution in [-0.2, 0) is 11.2 Å². The number of hydrogen-bond donors (Lipinski definition) is 1. The van der Waals surface area contributed by atoms with Gasteiger partial charge in [-0.3, -0.25) is 4.79 Å². The van der Waals surface area contributed by atoms with Gasteiger partial charge in [-0.2, -0.15) is 0 Å². The number of fused-ring (bicyclic) bond motifs is 1. The van der Waals surface area contributed by atoms with Gasteiger partial charge in [0, 0.05) is 10.6 Å². The summed E-state index contributed by atoms with van der Waals surface area (Å²) in [4.78, 5) is 13.4. The van der Waals surface area contributed by atoms with E-state index < -0.39 is 0 Å². The fourth-order valence-electron chi connectivity index (χ4n) is 2.82. The first kappa shape index (κ1) is 16.8. The first-order valence-corrected chi connectivity index (χ1v) is 9.07. The Morgan fingerprint density at radius 2 is 2.08 bits per heavy atom. The molecule has 0 saturated carbocycles. The standard InChI is InChI=1S/C19H20FNO2S/c1-2-23-15-6-3-13(4-7-15)11-19(22)21-17-9-10-24-18-8-5-14(20)12-16(17)18/h3-8,12,17H,2,9-11H2,1H3,(H,21,22)/t17-/m0/s1. The van der Waals surface area contributed by atoms with Crippen LogP contribution in [-0.4, -0.2) is 18.3 Å². The first-order valence-electron chi connectivity index (χ1n) is 8.09. The molecule has 1 atom stereocenters. The van der Waals surface area contributed by atoms with Crippen LogP contribution < -0.4 is 10.1 Å². The van der Waals surface area contributed by atoms with Gasteiger partial charge in [-0.05, 0) is 54.8 Å². The lowest BCUT2D eigenvalue weighted by molar-refractivity contribution is -0.121. The van der Waals surface area contributed by atoms with Crippen molar-refractivity contribution < 1.29 is 13.9 Å². The molecule has 126 valence electrons. The quantitative estimate of drug-likeness (QED) is 0.886. The lowest BCUT2D eigenvalue weighted by atomic mass is 10.0. The van der Waals surface area contributed by atoms with E-state index in [0.717, 1.165) is 33.9 Å². The van der Waals surface area contributed by atoms with Crippen molar-refractivity contribution in [3.05, 3.63) is 59.4 Å². The topological polar surface area (TPSA) is 38.3 Å². The number of amides is 1. The SMILES string of the molecule is CCOc1ccc(CC(=O)N[C@H]2CCSc3ccc(F)cc32)cc1. The molecule has 1 aliphatic rings. The summed E-state index contributed by atoms with van der Waals surface area (Å²) in [7, 11) is 0. The molecule has 0 aliphatic carbocycles. The smallest absolute Gasteiger partial charge is 0.224 e. The highest BCUT2D eigenvalue weighted by molar-refractivity contribution is 7.99. The Hall–Kier alpha value is -2.01. The fourth-order valence-corrected chi connectivity index (χ4v) is 3.92. The zero-order valence-electron chi connectivity index (χ0n) is 13.5. The van der Waals surface area contributed by atoms with Crippen molar-refractivity contribution in [3.8, 4) is 5.75 Å². The molecule has 0 fully saturated rings. The van der Waals surface area contributed by atoms with Gasteiger partial charge in [-0.15, -0.1) is 11.8 Å². The number of benzene rings is 2. The summed E-state index contributed by atoms with van der Waals surface area (Å²) in [6, 6.07) is 12.2. The number of ether oxygens (including phenoxy) is 1. The first-order chi connectivity index (χ1) is 11.7. The number of halogens is 1. The Bertz CT molecular complexity index is 718. The highest BCUT2D eigenvalue weighted by Crippen LogP contribution is 2.36. The molecule has 0 unspecified atom stereocenters. The Kier molecular flexibility index (Phi) is 5.41. The lowest BCUT2D eigenvalue weighted by Crippen LogP contribution is -2.31. The molecule has 24 heavy (non-hydrogen) atoms. The van der Waals surface area contributed by atoms with E-state index in [1.807, 2.05) is 31.2 Å². The third-order valence-electron chi connectivity index (χ3n) is 3.95. The number of carbonyl (C=O) groups excluding carboxylic acids is 1. The monoisotopic (exact) mass is 345 g/mol. The molecule has 0 radical (unpaired) electrons. The molecule has 1 heterocycles. The highest BCUT2D eigenvalue weighted by atomic mass is 32.2. The molecule has 3 nitrogen and oxygen atoms in total. The highest BCUT2D eigenvalue weighted by Gasteiger charge is 2.22. The summed E-state index contributed by atoms with van der Waals surface area (Å²) in [6.45, 7) is 2.56. The van der Waals surface area contributed by atoms with E-state index in [9.17, 15) is 9.18 Å². The third kappa shape index (κ3) is 4.09. The van der Waals surface area contributed by atoms with Crippen molar-refractivity contribution >= 4 is 17.7 Å². The number of nitrogens with one attached hydrogen (secondary N) is 1. The summed E-state index contributed by atoms with van der Waals surface area (Å²) in [5.74, 6) is 1.41. The van der Waals surface area contributed by atoms with Gasteiger partial charge in [-0.1, -0.05) is 12.1 Å². The summed E-state index contributed by atoms with van der Waals surface area (Å²) in [6.07, 6.45) is 1.12. The summed E-state index contributed by atoms with van der Waals surface area (Å²) < 4.78 is 18.9. The van der Waals surface area contributed by atoms with Gasteiger partial charge < -0.3 is 10.1 Å². The van der Waals surface area contributed by atoms with Crippen LogP contribution >= 0.6 is 11.8 Å². The minimum absolute atomic E-state index is 0.0497. The van der Waals surface area contributed by atoms with E-state index in [1.165, 1.54) is 12.1 Å². The van der Waals surface area contributed by atoms with Crippen LogP contribution in [0.1, 0.15) is 30.5 Å².